The molecule has 0 aliphatic rings. The lowest BCUT2D eigenvalue weighted by molar-refractivity contribution is 0.0697. The molecule has 0 atom stereocenters. The average Bonchev–Trinajstić information content (AvgIpc) is 2.40. The number of hydrogen-bond acceptors (Lipinski definition) is 3. The molecule has 0 aromatic carbocycles. The van der Waals surface area contributed by atoms with E-state index in [0.717, 1.165) is 31.6 Å². The molecule has 1 N–H and O–H groups in total. The van der Waals surface area contributed by atoms with Crippen molar-refractivity contribution < 1.29 is 9.90 Å². The van der Waals surface area contributed by atoms with Crippen LogP contribution in [0.1, 0.15) is 44.0 Å². The Hall–Kier alpha value is -1.58. The Morgan fingerprint density at radius 1 is 1.39 bits per heavy atom. The SMILES string of the molecule is CCC(CC)CN(CC)c1cnccc1C(=O)O. The van der Waals surface area contributed by atoms with Gasteiger partial charge in [0.15, 0.2) is 0 Å². The number of nitrogens with zero attached hydrogens (tertiary/aromatic N) is 2. The van der Waals surface area contributed by atoms with Gasteiger partial charge in [0.25, 0.3) is 0 Å². The van der Waals surface area contributed by atoms with Gasteiger partial charge in [-0.15, -0.1) is 0 Å². The quantitative estimate of drug-likeness (QED) is 0.808. The molecule has 100 valence electrons. The number of hydrogen-bond donors (Lipinski definition) is 1. The van der Waals surface area contributed by atoms with Gasteiger partial charge in [0.1, 0.15) is 0 Å². The summed E-state index contributed by atoms with van der Waals surface area (Å²) >= 11 is 0. The summed E-state index contributed by atoms with van der Waals surface area (Å²) in [4.78, 5) is 17.4. The van der Waals surface area contributed by atoms with E-state index in [1.54, 1.807) is 12.3 Å². The van der Waals surface area contributed by atoms with Gasteiger partial charge >= 0.3 is 5.97 Å². The van der Waals surface area contributed by atoms with Crippen LogP contribution in [0.5, 0.6) is 0 Å². The van der Waals surface area contributed by atoms with Gasteiger partial charge in [0.05, 0.1) is 17.4 Å². The fourth-order valence-electron chi connectivity index (χ4n) is 2.08. The minimum atomic E-state index is -0.893. The molecule has 0 unspecified atom stereocenters. The molecule has 0 aliphatic carbocycles. The fraction of sp³-hybridized carbons (Fsp3) is 0.571. The Balaban J connectivity index is 2.97. The number of carboxylic acids is 1. The van der Waals surface area contributed by atoms with Gasteiger partial charge in [0.2, 0.25) is 0 Å². The van der Waals surface area contributed by atoms with Crippen molar-refractivity contribution in [1.82, 2.24) is 4.98 Å². The van der Waals surface area contributed by atoms with E-state index in [4.69, 9.17) is 0 Å². The highest BCUT2D eigenvalue weighted by molar-refractivity contribution is 5.94. The maximum absolute atomic E-state index is 11.2. The van der Waals surface area contributed by atoms with Crippen molar-refractivity contribution in [2.45, 2.75) is 33.6 Å². The highest BCUT2D eigenvalue weighted by Gasteiger charge is 2.17. The zero-order chi connectivity index (χ0) is 13.5. The normalized spacial score (nSPS) is 10.7. The monoisotopic (exact) mass is 250 g/mol. The predicted octanol–water partition coefficient (Wildman–Crippen LogP) is 3.04. The molecule has 0 spiro atoms. The van der Waals surface area contributed by atoms with Crippen molar-refractivity contribution in [2.75, 3.05) is 18.0 Å². The van der Waals surface area contributed by atoms with Gasteiger partial charge < -0.3 is 10.0 Å². The van der Waals surface area contributed by atoms with Gasteiger partial charge in [-0.2, -0.15) is 0 Å². The van der Waals surface area contributed by atoms with Crippen LogP contribution >= 0.6 is 0 Å². The third kappa shape index (κ3) is 3.45. The molecule has 4 heteroatoms. The zero-order valence-electron chi connectivity index (χ0n) is 11.4. The van der Waals surface area contributed by atoms with Crippen molar-refractivity contribution >= 4 is 11.7 Å². The van der Waals surface area contributed by atoms with Crippen molar-refractivity contribution in [3.8, 4) is 0 Å². The van der Waals surface area contributed by atoms with Crippen molar-refractivity contribution in [3.63, 3.8) is 0 Å². The summed E-state index contributed by atoms with van der Waals surface area (Å²) in [7, 11) is 0. The maximum atomic E-state index is 11.2. The van der Waals surface area contributed by atoms with Gasteiger partial charge in [-0.1, -0.05) is 26.7 Å². The summed E-state index contributed by atoms with van der Waals surface area (Å²) in [6.45, 7) is 8.06. The third-order valence-corrected chi connectivity index (χ3v) is 3.39. The van der Waals surface area contributed by atoms with E-state index in [1.165, 1.54) is 6.20 Å². The Kier molecular flexibility index (Phi) is 5.62. The molecule has 0 saturated carbocycles. The predicted molar refractivity (Wildman–Crippen MR) is 73.2 cm³/mol. The first-order valence-corrected chi connectivity index (χ1v) is 6.56. The Bertz CT molecular complexity index is 389. The number of pyridine rings is 1. The number of anilines is 1. The van der Waals surface area contributed by atoms with Crippen LogP contribution in [0.3, 0.4) is 0 Å². The van der Waals surface area contributed by atoms with E-state index < -0.39 is 5.97 Å². The van der Waals surface area contributed by atoms with E-state index in [2.05, 4.69) is 23.7 Å². The first-order chi connectivity index (χ1) is 8.63. The molecule has 18 heavy (non-hydrogen) atoms. The number of rotatable bonds is 7. The summed E-state index contributed by atoms with van der Waals surface area (Å²) in [6.07, 6.45) is 5.39. The Morgan fingerprint density at radius 2 is 2.06 bits per heavy atom. The lowest BCUT2D eigenvalue weighted by atomic mass is 10.0. The molecular weight excluding hydrogens is 228 g/mol. The average molecular weight is 250 g/mol. The van der Waals surface area contributed by atoms with E-state index in [-0.39, 0.29) is 0 Å². The summed E-state index contributed by atoms with van der Waals surface area (Å²) in [5.74, 6) is -0.304. The van der Waals surface area contributed by atoms with Crippen LogP contribution in [0.2, 0.25) is 0 Å². The summed E-state index contributed by atoms with van der Waals surface area (Å²) in [5.41, 5.74) is 1.05. The number of aromatic nitrogens is 1. The van der Waals surface area contributed by atoms with Crippen LogP contribution < -0.4 is 4.90 Å². The smallest absolute Gasteiger partial charge is 0.337 e. The van der Waals surface area contributed by atoms with Gasteiger partial charge in [-0.3, -0.25) is 4.98 Å². The molecular formula is C14H22N2O2. The summed E-state index contributed by atoms with van der Waals surface area (Å²) < 4.78 is 0. The highest BCUT2D eigenvalue weighted by Crippen LogP contribution is 2.21. The van der Waals surface area contributed by atoms with Crippen LogP contribution in [0, 0.1) is 5.92 Å². The lowest BCUT2D eigenvalue weighted by Gasteiger charge is -2.28. The Morgan fingerprint density at radius 3 is 2.56 bits per heavy atom. The number of carboxylic acid groups (broad SMARTS) is 1. The topological polar surface area (TPSA) is 53.4 Å². The maximum Gasteiger partial charge on any atom is 0.337 e. The van der Waals surface area contributed by atoms with E-state index in [9.17, 15) is 9.90 Å². The first-order valence-electron chi connectivity index (χ1n) is 6.56. The molecule has 4 nitrogen and oxygen atoms in total. The van der Waals surface area contributed by atoms with E-state index in [1.807, 2.05) is 6.92 Å². The van der Waals surface area contributed by atoms with Gasteiger partial charge in [-0.25, -0.2) is 4.79 Å². The molecule has 1 heterocycles. The van der Waals surface area contributed by atoms with Crippen molar-refractivity contribution in [1.29, 1.82) is 0 Å². The minimum Gasteiger partial charge on any atom is -0.478 e. The second-order valence-corrected chi connectivity index (χ2v) is 4.42. The molecule has 0 aliphatic heterocycles. The minimum absolute atomic E-state index is 0.331. The summed E-state index contributed by atoms with van der Waals surface area (Å²) in [6, 6.07) is 1.56. The van der Waals surface area contributed by atoms with Crippen LogP contribution in [0.25, 0.3) is 0 Å². The van der Waals surface area contributed by atoms with Crippen LogP contribution in [0.15, 0.2) is 18.5 Å². The molecule has 1 aromatic rings. The van der Waals surface area contributed by atoms with Crippen molar-refractivity contribution in [2.24, 2.45) is 5.92 Å². The highest BCUT2D eigenvalue weighted by atomic mass is 16.4. The van der Waals surface area contributed by atoms with Gasteiger partial charge in [0, 0.05) is 19.3 Å². The molecule has 1 rings (SSSR count). The molecule has 0 radical (unpaired) electrons. The first kappa shape index (κ1) is 14.5. The lowest BCUT2D eigenvalue weighted by Crippen LogP contribution is -2.30. The second kappa shape index (κ2) is 6.99. The molecule has 0 fully saturated rings. The standard InChI is InChI=1S/C14H22N2O2/c1-4-11(5-2)10-16(6-3)13-9-15-8-7-12(13)14(17)18/h7-9,11H,4-6,10H2,1-3H3,(H,17,18). The van der Waals surface area contributed by atoms with Crippen LogP contribution in [-0.4, -0.2) is 29.1 Å². The zero-order valence-corrected chi connectivity index (χ0v) is 11.4. The van der Waals surface area contributed by atoms with Crippen molar-refractivity contribution in [3.05, 3.63) is 24.0 Å². The summed E-state index contributed by atoms with van der Waals surface area (Å²) in [5, 5.41) is 9.20. The van der Waals surface area contributed by atoms with E-state index >= 15 is 0 Å². The Labute approximate surface area is 109 Å². The molecule has 0 saturated heterocycles. The fourth-order valence-corrected chi connectivity index (χ4v) is 2.08. The van der Waals surface area contributed by atoms with E-state index in [0.29, 0.717) is 11.5 Å². The number of carbonyl (C=O) groups is 1. The number of aromatic carboxylic acids is 1. The van der Waals surface area contributed by atoms with Crippen LogP contribution in [0.4, 0.5) is 5.69 Å². The third-order valence-electron chi connectivity index (χ3n) is 3.39. The van der Waals surface area contributed by atoms with Gasteiger partial charge in [-0.05, 0) is 18.9 Å². The largest absolute Gasteiger partial charge is 0.478 e. The van der Waals surface area contributed by atoms with Crippen LogP contribution in [-0.2, 0) is 0 Å². The second-order valence-electron chi connectivity index (χ2n) is 4.42. The molecule has 1 aromatic heterocycles. The molecule has 0 bridgehead atoms. The molecule has 0 amide bonds.